The molecule has 32 nitrogen and oxygen atoms in total. The lowest BCUT2D eigenvalue weighted by Gasteiger charge is -2.41. The van der Waals surface area contributed by atoms with Crippen molar-refractivity contribution in [3.8, 4) is 0 Å². The number of nitrogens with two attached hydrogens (primary N) is 1. The van der Waals surface area contributed by atoms with E-state index in [9.17, 15) is 53.1 Å². The van der Waals surface area contributed by atoms with Crippen LogP contribution in [0.1, 0.15) is 158 Å². The highest BCUT2D eigenvalue weighted by atomic mass is 16.6. The number of ether oxygens (including phenoxy) is 7. The molecule has 3 aromatic rings. The number of nitrogens with one attached hydrogen (secondary N) is 7. The van der Waals surface area contributed by atoms with E-state index in [0.29, 0.717) is 81.3 Å². The summed E-state index contributed by atoms with van der Waals surface area (Å²) >= 11 is 0. The van der Waals surface area contributed by atoms with Crippen LogP contribution in [0.5, 0.6) is 0 Å². The number of urea groups is 1. The van der Waals surface area contributed by atoms with Crippen LogP contribution >= 0.6 is 0 Å². The third kappa shape index (κ3) is 31.8. The van der Waals surface area contributed by atoms with Crippen molar-refractivity contribution in [2.24, 2.45) is 40.7 Å². The SMILES string of the molecule is CC[C@H](C)[C@@H]([C@@H](CC(=O)N1CCC[C@H]1[C@H](OC)[C@@H](C)C(=O)N[C@H](C)[C@@H](O)c1ccccc1)OC)N(C)C(=O)[C@@H](NC(=O)[C@H](C(C)C)N(C)C(=O)OCc1ccc(NC(=O)[C@H](CCCNC(N)=O)NC(=O)[C@@H](NC(=O)CCOCCOCCOCCOCc2cn(CC(=O)NCC(C)(C)C)nn2)C(C)C)cc1)C(C)C. The topological polar surface area (TPSA) is 406 Å². The lowest BCUT2D eigenvalue weighted by molar-refractivity contribution is -0.148. The van der Waals surface area contributed by atoms with Crippen LogP contribution in [0, 0.1) is 35.0 Å². The van der Waals surface area contributed by atoms with Gasteiger partial charge >= 0.3 is 12.1 Å². The van der Waals surface area contributed by atoms with E-state index >= 15 is 0 Å². The third-order valence-corrected chi connectivity index (χ3v) is 19.1. The number of amides is 11. The van der Waals surface area contributed by atoms with Crippen molar-refractivity contribution in [2.45, 2.75) is 215 Å². The Morgan fingerprint density at radius 1 is 0.688 bits per heavy atom. The fourth-order valence-electron chi connectivity index (χ4n) is 12.7. The molecule has 1 fully saturated rings. The van der Waals surface area contributed by atoms with Crippen LogP contribution in [-0.2, 0) is 91.3 Å². The minimum Gasteiger partial charge on any atom is -0.445 e. The third-order valence-electron chi connectivity index (χ3n) is 19.1. The highest BCUT2D eigenvalue weighted by Gasteiger charge is 2.44. The summed E-state index contributed by atoms with van der Waals surface area (Å²) in [6.45, 7) is 27.0. The van der Waals surface area contributed by atoms with Crippen molar-refractivity contribution in [3.05, 3.63) is 77.6 Å². The Bertz CT molecular complexity index is 3300. The van der Waals surface area contributed by atoms with E-state index in [1.54, 1.807) is 115 Å². The maximum Gasteiger partial charge on any atom is 0.410 e. The number of aromatic nitrogens is 3. The van der Waals surface area contributed by atoms with Crippen LogP contribution in [0.25, 0.3) is 0 Å². The van der Waals surface area contributed by atoms with Gasteiger partial charge in [-0.1, -0.05) is 137 Å². The lowest BCUT2D eigenvalue weighted by Crippen LogP contribution is -2.60. The molecule has 2 heterocycles. The van der Waals surface area contributed by atoms with E-state index in [1.807, 2.05) is 52.8 Å². The fourth-order valence-corrected chi connectivity index (χ4v) is 12.7. The summed E-state index contributed by atoms with van der Waals surface area (Å²) in [5.41, 5.74) is 7.35. The van der Waals surface area contributed by atoms with E-state index in [2.05, 4.69) is 47.5 Å². The van der Waals surface area contributed by atoms with Gasteiger partial charge in [0, 0.05) is 60.1 Å². The molecule has 12 atom stereocenters. The molecule has 2 aromatic carbocycles. The molecular weight excluding hydrogens is 1410 g/mol. The lowest BCUT2D eigenvalue weighted by atomic mass is 9.89. The number of likely N-dealkylation sites (tertiary alicyclic amines) is 1. The monoisotopic (exact) mass is 1530 g/mol. The first-order valence-corrected chi connectivity index (χ1v) is 38.0. The highest BCUT2D eigenvalue weighted by Crippen LogP contribution is 2.31. The molecule has 4 rings (SSSR count). The molecule has 1 aromatic heterocycles. The van der Waals surface area contributed by atoms with E-state index < -0.39 is 126 Å². The van der Waals surface area contributed by atoms with Gasteiger partial charge < -0.3 is 91.0 Å². The summed E-state index contributed by atoms with van der Waals surface area (Å²) in [7, 11) is 6.08. The van der Waals surface area contributed by atoms with Crippen molar-refractivity contribution < 1.29 is 86.2 Å². The molecule has 10 N–H and O–H groups in total. The Labute approximate surface area is 643 Å². The number of benzene rings is 2. The molecule has 0 bridgehead atoms. The van der Waals surface area contributed by atoms with Crippen molar-refractivity contribution in [1.82, 2.24) is 61.6 Å². The van der Waals surface area contributed by atoms with Crippen LogP contribution in [0.3, 0.4) is 0 Å². The molecule has 0 spiro atoms. The molecule has 0 unspecified atom stereocenters. The van der Waals surface area contributed by atoms with Gasteiger partial charge in [0.1, 0.15) is 43.0 Å². The molecule has 1 aliphatic heterocycles. The number of carbonyl (C=O) groups excluding carboxylic acids is 10. The van der Waals surface area contributed by atoms with Crippen LogP contribution in [0.15, 0.2) is 60.8 Å². The van der Waals surface area contributed by atoms with Crippen LogP contribution in [0.4, 0.5) is 15.3 Å². The summed E-state index contributed by atoms with van der Waals surface area (Å²) in [6.07, 6.45) is 0.486. The van der Waals surface area contributed by atoms with Crippen molar-refractivity contribution in [2.75, 3.05) is 99.5 Å². The Hall–Kier alpha value is -8.40. The van der Waals surface area contributed by atoms with E-state index in [4.69, 9.17) is 38.9 Å². The molecule has 11 amide bonds. The predicted molar refractivity (Wildman–Crippen MR) is 408 cm³/mol. The normalized spacial score (nSPS) is 16.1. The number of primary amides is 1. The van der Waals surface area contributed by atoms with Crippen LogP contribution in [0.2, 0.25) is 0 Å². The highest BCUT2D eigenvalue weighted by molar-refractivity contribution is 5.98. The second-order valence-corrected chi connectivity index (χ2v) is 30.2. The molecule has 0 aliphatic carbocycles. The van der Waals surface area contributed by atoms with Crippen molar-refractivity contribution >= 4 is 65.1 Å². The fraction of sp³-hybridized carbons (Fsp3) is 0.688. The van der Waals surface area contributed by atoms with E-state index in [1.165, 1.54) is 30.8 Å². The van der Waals surface area contributed by atoms with Crippen molar-refractivity contribution in [3.63, 3.8) is 0 Å². The minimum atomic E-state index is -1.13. The molecule has 612 valence electrons. The first-order valence-electron chi connectivity index (χ1n) is 38.0. The zero-order chi connectivity index (χ0) is 81.1. The number of likely N-dealkylation sites (N-methyl/N-ethyl adjacent to an activating group) is 2. The number of aliphatic hydroxyl groups is 1. The van der Waals surface area contributed by atoms with Gasteiger partial charge in [0.15, 0.2) is 0 Å². The maximum atomic E-state index is 14.9. The van der Waals surface area contributed by atoms with E-state index in [-0.39, 0.29) is 101 Å². The zero-order valence-electron chi connectivity index (χ0n) is 67.2. The average molecular weight is 1540 g/mol. The number of rotatable bonds is 49. The van der Waals surface area contributed by atoms with E-state index in [0.717, 1.165) is 0 Å². The quantitative estimate of drug-likeness (QED) is 0.0336. The smallest absolute Gasteiger partial charge is 0.410 e. The Kier molecular flexibility index (Phi) is 40.6. The zero-order valence-corrected chi connectivity index (χ0v) is 67.2. The standard InChI is InChI=1S/C77H126N14O18/c1-18-51(8)67(60(103-16)42-63(94)91-34-23-27-59(91)69(104-17)52(9)70(96)81-53(10)68(95)55-24-20-19-21-25-55)88(14)74(100)65(49(4)5)85-73(99)66(50(6)7)89(15)76(102)109-45-54-28-30-56(31-29-54)82-71(97)58(26-22-33-79-75(78)101)83-72(98)64(48(2)3)84-61(92)32-35-105-36-37-106-38-39-107-40-41-108-46-57-43-90(87-86-57)44-62(93)80-47-77(11,12)13/h19-21,24-25,28-31,43,48-53,58-60,64-69,95H,18,22-23,26-27,32-42,44-47H2,1-17H3,(H,80,93)(H,81,96)(H,82,97)(H,83,98)(H,84,92)(H,85,99)(H3,78,79,101)/t51-,52+,53+,58-,59-,60+,64-,65-,66-,67-,68+,69+/m0/s1. The second-order valence-electron chi connectivity index (χ2n) is 30.2. The maximum absolute atomic E-state index is 14.9. The molecule has 1 saturated heterocycles. The van der Waals surface area contributed by atoms with Crippen molar-refractivity contribution in [1.29, 1.82) is 0 Å². The molecule has 0 saturated carbocycles. The number of carbonyl (C=O) groups is 10. The summed E-state index contributed by atoms with van der Waals surface area (Å²) in [4.78, 5) is 140. The molecule has 109 heavy (non-hydrogen) atoms. The number of methoxy groups -OCH3 is 2. The number of anilines is 1. The van der Waals surface area contributed by atoms with Gasteiger partial charge in [0.05, 0.1) is 108 Å². The number of nitrogens with zero attached hydrogens (tertiary/aromatic N) is 6. The Balaban J connectivity index is 1.27. The summed E-state index contributed by atoms with van der Waals surface area (Å²) in [5, 5.41) is 38.6. The average Bonchev–Trinajstić information content (AvgIpc) is 1.43. The number of hydrogen-bond acceptors (Lipinski definition) is 20. The van der Waals surface area contributed by atoms with Gasteiger partial charge in [0.2, 0.25) is 47.3 Å². The number of aliphatic hydroxyl groups excluding tert-OH is 1. The minimum absolute atomic E-state index is 0.0308. The van der Waals surface area contributed by atoms with Crippen LogP contribution in [-0.4, -0.2) is 243 Å². The summed E-state index contributed by atoms with van der Waals surface area (Å²) in [6, 6.07) is 8.70. The number of hydrogen-bond donors (Lipinski definition) is 9. The second kappa shape index (κ2) is 47.6. The first kappa shape index (κ1) is 93.0. The summed E-state index contributed by atoms with van der Waals surface area (Å²) < 4.78 is 41.6. The Morgan fingerprint density at radius 2 is 1.31 bits per heavy atom. The van der Waals surface area contributed by atoms with Gasteiger partial charge in [-0.25, -0.2) is 14.3 Å². The first-order chi connectivity index (χ1) is 51.6. The van der Waals surface area contributed by atoms with Gasteiger partial charge in [-0.2, -0.15) is 0 Å². The van der Waals surface area contributed by atoms with Gasteiger partial charge in [-0.15, -0.1) is 5.10 Å². The molecule has 32 heteroatoms. The molecule has 1 aliphatic rings. The van der Waals surface area contributed by atoms with Gasteiger partial charge in [0.25, 0.3) is 0 Å². The largest absolute Gasteiger partial charge is 0.445 e. The molecule has 0 radical (unpaired) electrons. The Morgan fingerprint density at radius 3 is 1.89 bits per heavy atom. The van der Waals surface area contributed by atoms with Gasteiger partial charge in [-0.05, 0) is 85.0 Å². The molecular formula is C77H126N14O18. The predicted octanol–water partition coefficient (Wildman–Crippen LogP) is 5.00. The van der Waals surface area contributed by atoms with Crippen LogP contribution < -0.4 is 43.0 Å². The van der Waals surface area contributed by atoms with Gasteiger partial charge in [-0.3, -0.25) is 43.3 Å². The summed E-state index contributed by atoms with van der Waals surface area (Å²) in [5.74, 6) is -5.54.